The fourth-order valence-electron chi connectivity index (χ4n) is 1.49. The first kappa shape index (κ1) is 14.1. The lowest BCUT2D eigenvalue weighted by molar-refractivity contribution is 0.00386. The highest BCUT2D eigenvalue weighted by atomic mass is 16.5. The lowest BCUT2D eigenvalue weighted by Gasteiger charge is -2.18. The Hall–Kier alpha value is -0.940. The minimum absolute atomic E-state index is 0.247. The third kappa shape index (κ3) is 5.79. The summed E-state index contributed by atoms with van der Waals surface area (Å²) in [6, 6.07) is 9.57. The maximum atomic E-state index is 9.79. The van der Waals surface area contributed by atoms with Gasteiger partial charge in [0.1, 0.15) is 0 Å². The number of aliphatic hydroxyl groups excluding tert-OH is 1. The number of ether oxygens (including phenoxy) is 2. The van der Waals surface area contributed by atoms with E-state index in [4.69, 9.17) is 15.2 Å². The second kappa shape index (κ2) is 8.20. The van der Waals surface area contributed by atoms with Crippen molar-refractivity contribution in [1.82, 2.24) is 0 Å². The van der Waals surface area contributed by atoms with Crippen molar-refractivity contribution >= 4 is 0 Å². The van der Waals surface area contributed by atoms with Crippen LogP contribution < -0.4 is 5.73 Å². The van der Waals surface area contributed by atoms with Crippen LogP contribution in [0.2, 0.25) is 0 Å². The van der Waals surface area contributed by atoms with Crippen molar-refractivity contribution in [2.24, 2.45) is 5.73 Å². The van der Waals surface area contributed by atoms with Crippen molar-refractivity contribution in [3.63, 3.8) is 0 Å². The molecule has 96 valence electrons. The summed E-state index contributed by atoms with van der Waals surface area (Å²) >= 11 is 0. The normalized spacial score (nSPS) is 14.5. The second-order valence-electron chi connectivity index (χ2n) is 3.99. The van der Waals surface area contributed by atoms with Gasteiger partial charge < -0.3 is 20.3 Å². The van der Waals surface area contributed by atoms with E-state index in [1.54, 1.807) is 7.11 Å². The number of benzene rings is 1. The monoisotopic (exact) mass is 239 g/mol. The number of hydrogen-bond donors (Lipinski definition) is 2. The van der Waals surface area contributed by atoms with Crippen LogP contribution >= 0.6 is 0 Å². The summed E-state index contributed by atoms with van der Waals surface area (Å²) in [5, 5.41) is 9.79. The summed E-state index contributed by atoms with van der Waals surface area (Å²) in [6.07, 6.45) is 0.00222. The van der Waals surface area contributed by atoms with Gasteiger partial charge in [0.15, 0.2) is 0 Å². The summed E-state index contributed by atoms with van der Waals surface area (Å²) in [5.74, 6) is 0. The number of rotatable bonds is 8. The van der Waals surface area contributed by atoms with E-state index in [0.29, 0.717) is 19.6 Å². The summed E-state index contributed by atoms with van der Waals surface area (Å²) in [6.45, 7) is 1.25. The molecule has 0 aromatic heterocycles. The van der Waals surface area contributed by atoms with Crippen molar-refractivity contribution < 1.29 is 14.6 Å². The van der Waals surface area contributed by atoms with E-state index in [9.17, 15) is 5.11 Å². The quantitative estimate of drug-likeness (QED) is 0.651. The zero-order valence-electron chi connectivity index (χ0n) is 10.2. The van der Waals surface area contributed by atoms with Crippen LogP contribution in [0.15, 0.2) is 30.3 Å². The molecule has 17 heavy (non-hydrogen) atoms. The molecule has 0 fully saturated rings. The van der Waals surface area contributed by atoms with Crippen LogP contribution in [0, 0.1) is 0 Å². The smallest absolute Gasteiger partial charge is 0.0927 e. The minimum Gasteiger partial charge on any atom is -0.389 e. The Morgan fingerprint density at radius 2 is 1.94 bits per heavy atom. The average molecular weight is 239 g/mol. The molecular weight excluding hydrogens is 218 g/mol. The van der Waals surface area contributed by atoms with Gasteiger partial charge in [-0.2, -0.15) is 0 Å². The van der Waals surface area contributed by atoms with Gasteiger partial charge in [0.25, 0.3) is 0 Å². The highest BCUT2D eigenvalue weighted by Crippen LogP contribution is 2.04. The van der Waals surface area contributed by atoms with Crippen molar-refractivity contribution in [3.8, 4) is 0 Å². The summed E-state index contributed by atoms with van der Waals surface area (Å²) < 4.78 is 10.1. The van der Waals surface area contributed by atoms with E-state index in [1.165, 1.54) is 0 Å². The molecule has 4 nitrogen and oxygen atoms in total. The van der Waals surface area contributed by atoms with Gasteiger partial charge in [0.05, 0.1) is 25.9 Å². The van der Waals surface area contributed by atoms with Crippen LogP contribution in [-0.4, -0.2) is 44.2 Å². The summed E-state index contributed by atoms with van der Waals surface area (Å²) in [7, 11) is 1.61. The molecule has 1 aromatic rings. The topological polar surface area (TPSA) is 64.7 Å². The Morgan fingerprint density at radius 3 is 2.59 bits per heavy atom. The molecule has 4 heteroatoms. The van der Waals surface area contributed by atoms with E-state index in [-0.39, 0.29) is 12.6 Å². The maximum absolute atomic E-state index is 9.79. The molecule has 1 rings (SSSR count). The summed E-state index contributed by atoms with van der Waals surface area (Å²) in [5.41, 5.74) is 7.02. The molecule has 2 unspecified atom stereocenters. The predicted molar refractivity (Wildman–Crippen MR) is 66.8 cm³/mol. The van der Waals surface area contributed by atoms with Gasteiger partial charge in [-0.25, -0.2) is 0 Å². The molecule has 0 radical (unpaired) electrons. The van der Waals surface area contributed by atoms with E-state index < -0.39 is 6.10 Å². The zero-order chi connectivity index (χ0) is 12.5. The van der Waals surface area contributed by atoms with Crippen LogP contribution in [0.3, 0.4) is 0 Å². The maximum Gasteiger partial charge on any atom is 0.0927 e. The Bertz CT molecular complexity index is 292. The predicted octanol–water partition coefficient (Wildman–Crippen LogP) is 0.580. The van der Waals surface area contributed by atoms with Gasteiger partial charge in [0.2, 0.25) is 0 Å². The lowest BCUT2D eigenvalue weighted by Crippen LogP contribution is -2.39. The summed E-state index contributed by atoms with van der Waals surface area (Å²) in [4.78, 5) is 0. The molecule has 0 saturated carbocycles. The van der Waals surface area contributed by atoms with Crippen molar-refractivity contribution in [3.05, 3.63) is 35.9 Å². The Kier molecular flexibility index (Phi) is 6.81. The van der Waals surface area contributed by atoms with Gasteiger partial charge >= 0.3 is 0 Å². The number of aliphatic hydroxyl groups is 1. The van der Waals surface area contributed by atoms with Crippen molar-refractivity contribution in [2.75, 3.05) is 26.9 Å². The molecule has 0 amide bonds. The van der Waals surface area contributed by atoms with Crippen LogP contribution in [0.25, 0.3) is 0 Å². The van der Waals surface area contributed by atoms with Gasteiger partial charge in [0, 0.05) is 13.2 Å². The molecule has 0 aliphatic carbocycles. The SMILES string of the molecule is COCCOCC(O)C(N)Cc1ccccc1. The zero-order valence-corrected chi connectivity index (χ0v) is 10.2. The molecule has 3 N–H and O–H groups in total. The minimum atomic E-state index is -0.646. The fraction of sp³-hybridized carbons (Fsp3) is 0.538. The highest BCUT2D eigenvalue weighted by Gasteiger charge is 2.15. The number of nitrogens with two attached hydrogens (primary N) is 1. The Morgan fingerprint density at radius 1 is 1.24 bits per heavy atom. The average Bonchev–Trinajstić information content (AvgIpc) is 2.35. The molecular formula is C13H21NO3. The molecule has 0 saturated heterocycles. The van der Waals surface area contributed by atoms with Crippen LogP contribution in [0.5, 0.6) is 0 Å². The second-order valence-corrected chi connectivity index (χ2v) is 3.99. The van der Waals surface area contributed by atoms with Crippen LogP contribution in [0.1, 0.15) is 5.56 Å². The van der Waals surface area contributed by atoms with Gasteiger partial charge in [-0.3, -0.25) is 0 Å². The van der Waals surface area contributed by atoms with Crippen LogP contribution in [-0.2, 0) is 15.9 Å². The van der Waals surface area contributed by atoms with E-state index in [1.807, 2.05) is 30.3 Å². The van der Waals surface area contributed by atoms with E-state index >= 15 is 0 Å². The van der Waals surface area contributed by atoms with Crippen LogP contribution in [0.4, 0.5) is 0 Å². The Labute approximate surface area is 102 Å². The molecule has 0 aliphatic heterocycles. The van der Waals surface area contributed by atoms with Crippen molar-refractivity contribution in [1.29, 1.82) is 0 Å². The Balaban J connectivity index is 2.24. The van der Waals surface area contributed by atoms with E-state index in [2.05, 4.69) is 0 Å². The molecule has 0 spiro atoms. The first-order valence-electron chi connectivity index (χ1n) is 5.78. The van der Waals surface area contributed by atoms with E-state index in [0.717, 1.165) is 5.56 Å². The standard InChI is InChI=1S/C13H21NO3/c1-16-7-8-17-10-13(15)12(14)9-11-5-3-2-4-6-11/h2-6,12-13,15H,7-10,14H2,1H3. The van der Waals surface area contributed by atoms with Gasteiger partial charge in [-0.05, 0) is 12.0 Å². The third-order valence-corrected chi connectivity index (χ3v) is 2.53. The lowest BCUT2D eigenvalue weighted by atomic mass is 10.0. The van der Waals surface area contributed by atoms with Gasteiger partial charge in [-0.15, -0.1) is 0 Å². The number of hydrogen-bond acceptors (Lipinski definition) is 4. The number of methoxy groups -OCH3 is 1. The molecule has 0 aliphatic rings. The fourth-order valence-corrected chi connectivity index (χ4v) is 1.49. The molecule has 0 heterocycles. The molecule has 1 aromatic carbocycles. The third-order valence-electron chi connectivity index (χ3n) is 2.53. The first-order chi connectivity index (χ1) is 8.24. The molecule has 2 atom stereocenters. The first-order valence-corrected chi connectivity index (χ1v) is 5.78. The van der Waals surface area contributed by atoms with Crippen molar-refractivity contribution in [2.45, 2.75) is 18.6 Å². The largest absolute Gasteiger partial charge is 0.389 e. The van der Waals surface area contributed by atoms with Gasteiger partial charge in [-0.1, -0.05) is 30.3 Å². The highest BCUT2D eigenvalue weighted by molar-refractivity contribution is 5.16. The molecule has 0 bridgehead atoms.